The minimum absolute atomic E-state index is 0.0959. The summed E-state index contributed by atoms with van der Waals surface area (Å²) in [5.74, 6) is 1.77. The van der Waals surface area contributed by atoms with Crippen LogP contribution >= 0.6 is 0 Å². The van der Waals surface area contributed by atoms with Crippen LogP contribution in [0.1, 0.15) is 54.4 Å². The van der Waals surface area contributed by atoms with Crippen molar-refractivity contribution >= 4 is 11.4 Å². The lowest BCUT2D eigenvalue weighted by molar-refractivity contribution is 0.110. The molecule has 0 heterocycles. The first-order valence-electron chi connectivity index (χ1n) is 10.8. The molecule has 0 aliphatic heterocycles. The molecule has 29 heavy (non-hydrogen) atoms. The average molecular weight is 399 g/mol. The predicted octanol–water partition coefficient (Wildman–Crippen LogP) is 6.59. The van der Waals surface area contributed by atoms with Crippen molar-refractivity contribution in [3.05, 3.63) is 48.5 Å². The van der Waals surface area contributed by atoms with Crippen LogP contribution < -0.4 is 20.1 Å². The van der Waals surface area contributed by atoms with Gasteiger partial charge in [-0.2, -0.15) is 0 Å². The van der Waals surface area contributed by atoms with Crippen LogP contribution in [0, 0.1) is 5.41 Å². The Morgan fingerprint density at radius 1 is 0.690 bits per heavy atom. The minimum atomic E-state index is -0.0959. The van der Waals surface area contributed by atoms with E-state index >= 15 is 0 Å². The summed E-state index contributed by atoms with van der Waals surface area (Å²) in [4.78, 5) is 0. The Morgan fingerprint density at radius 3 is 1.34 bits per heavy atom. The zero-order valence-electron chi connectivity index (χ0n) is 18.9. The molecule has 2 rings (SSSR count). The fourth-order valence-corrected chi connectivity index (χ4v) is 2.67. The van der Waals surface area contributed by atoms with Gasteiger partial charge in [0.25, 0.3) is 0 Å². The van der Waals surface area contributed by atoms with E-state index in [1.54, 1.807) is 0 Å². The van der Waals surface area contributed by atoms with Gasteiger partial charge in [-0.3, -0.25) is 0 Å². The van der Waals surface area contributed by atoms with Gasteiger partial charge in [-0.05, 0) is 75.2 Å². The first-order valence-corrected chi connectivity index (χ1v) is 10.8. The Kier molecular flexibility index (Phi) is 8.69. The molecule has 0 radical (unpaired) electrons. The third kappa shape index (κ3) is 8.26. The normalized spacial score (nSPS) is 13.4. The maximum absolute atomic E-state index is 6.00. The quantitative estimate of drug-likeness (QED) is 0.423. The fraction of sp³-hybridized carbons (Fsp3) is 0.520. The smallest absolute Gasteiger partial charge is 0.119 e. The third-order valence-electron chi connectivity index (χ3n) is 5.02. The molecule has 2 unspecified atom stereocenters. The van der Waals surface area contributed by atoms with Crippen molar-refractivity contribution in [3.8, 4) is 11.5 Å². The van der Waals surface area contributed by atoms with Crippen LogP contribution in [-0.2, 0) is 0 Å². The summed E-state index contributed by atoms with van der Waals surface area (Å²) in [5, 5.41) is 6.93. The summed E-state index contributed by atoms with van der Waals surface area (Å²) >= 11 is 0. The molecule has 2 aromatic rings. The largest absolute Gasteiger partial charge is 0.493 e. The van der Waals surface area contributed by atoms with Gasteiger partial charge >= 0.3 is 0 Å². The van der Waals surface area contributed by atoms with E-state index < -0.39 is 0 Å². The van der Waals surface area contributed by atoms with E-state index in [0.29, 0.717) is 25.3 Å². The lowest BCUT2D eigenvalue weighted by atomic mass is 9.96. The predicted molar refractivity (Wildman–Crippen MR) is 124 cm³/mol. The second kappa shape index (κ2) is 11.0. The van der Waals surface area contributed by atoms with Crippen LogP contribution in [0.2, 0.25) is 0 Å². The van der Waals surface area contributed by atoms with E-state index in [9.17, 15) is 0 Å². The van der Waals surface area contributed by atoms with Crippen molar-refractivity contribution in [3.63, 3.8) is 0 Å². The summed E-state index contributed by atoms with van der Waals surface area (Å²) < 4.78 is 12.0. The second-order valence-corrected chi connectivity index (χ2v) is 8.70. The van der Waals surface area contributed by atoms with Crippen molar-refractivity contribution in [1.82, 2.24) is 0 Å². The molecule has 0 amide bonds. The van der Waals surface area contributed by atoms with Gasteiger partial charge in [0.15, 0.2) is 0 Å². The number of ether oxygens (including phenoxy) is 2. The molecule has 2 atom stereocenters. The first kappa shape index (κ1) is 22.9. The number of anilines is 2. The zero-order valence-corrected chi connectivity index (χ0v) is 18.9. The summed E-state index contributed by atoms with van der Waals surface area (Å²) in [6.07, 6.45) is 2.20. The van der Waals surface area contributed by atoms with E-state index in [2.05, 4.69) is 76.4 Å². The molecule has 0 saturated carbocycles. The van der Waals surface area contributed by atoms with Gasteiger partial charge in [-0.15, -0.1) is 0 Å². The standard InChI is InChI=1S/C25H38N2O2/c1-7-19(3)26-21-9-13-23(14-10-21)28-17-25(5,6)18-29-24-15-11-22(12-16-24)27-20(4)8-2/h9-16,19-20,26-27H,7-8,17-18H2,1-6H3. The van der Waals surface area contributed by atoms with Gasteiger partial charge in [0.1, 0.15) is 11.5 Å². The Labute approximate surface area is 177 Å². The van der Waals surface area contributed by atoms with Gasteiger partial charge in [-0.1, -0.05) is 27.7 Å². The summed E-state index contributed by atoms with van der Waals surface area (Å²) in [7, 11) is 0. The van der Waals surface area contributed by atoms with Crippen molar-refractivity contribution < 1.29 is 9.47 Å². The van der Waals surface area contributed by atoms with Crippen molar-refractivity contribution in [1.29, 1.82) is 0 Å². The van der Waals surface area contributed by atoms with E-state index in [0.717, 1.165) is 35.7 Å². The average Bonchev–Trinajstić information content (AvgIpc) is 2.72. The van der Waals surface area contributed by atoms with Gasteiger partial charge in [0.05, 0.1) is 13.2 Å². The highest BCUT2D eigenvalue weighted by Gasteiger charge is 2.20. The van der Waals surface area contributed by atoms with Crippen LogP contribution in [0.3, 0.4) is 0 Å². The Balaban J connectivity index is 1.79. The van der Waals surface area contributed by atoms with E-state index in [-0.39, 0.29) is 5.41 Å². The molecule has 0 spiro atoms. The van der Waals surface area contributed by atoms with Crippen molar-refractivity contribution in [2.24, 2.45) is 5.41 Å². The molecule has 0 saturated heterocycles. The molecular weight excluding hydrogens is 360 g/mol. The summed E-state index contributed by atoms with van der Waals surface area (Å²) in [6, 6.07) is 17.3. The molecule has 0 aliphatic rings. The Hall–Kier alpha value is -2.36. The number of hydrogen-bond acceptors (Lipinski definition) is 4. The van der Waals surface area contributed by atoms with E-state index in [4.69, 9.17) is 9.47 Å². The highest BCUT2D eigenvalue weighted by Crippen LogP contribution is 2.23. The molecule has 2 aromatic carbocycles. The van der Waals surface area contributed by atoms with Crippen LogP contribution in [0.5, 0.6) is 11.5 Å². The molecule has 0 fully saturated rings. The van der Waals surface area contributed by atoms with Gasteiger partial charge < -0.3 is 20.1 Å². The van der Waals surface area contributed by atoms with Crippen molar-refractivity contribution in [2.45, 2.75) is 66.5 Å². The molecule has 160 valence electrons. The molecule has 0 aromatic heterocycles. The van der Waals surface area contributed by atoms with E-state index in [1.807, 2.05) is 24.3 Å². The van der Waals surface area contributed by atoms with Gasteiger partial charge in [-0.25, -0.2) is 0 Å². The maximum Gasteiger partial charge on any atom is 0.119 e. The highest BCUT2D eigenvalue weighted by molar-refractivity contribution is 5.47. The topological polar surface area (TPSA) is 42.5 Å². The van der Waals surface area contributed by atoms with Crippen LogP contribution in [0.4, 0.5) is 11.4 Å². The number of hydrogen-bond donors (Lipinski definition) is 2. The maximum atomic E-state index is 6.00. The summed E-state index contributed by atoms with van der Waals surface area (Å²) in [6.45, 7) is 14.2. The van der Waals surface area contributed by atoms with Gasteiger partial charge in [0, 0.05) is 28.9 Å². The zero-order chi connectivity index (χ0) is 21.3. The third-order valence-corrected chi connectivity index (χ3v) is 5.02. The lowest BCUT2D eigenvalue weighted by Crippen LogP contribution is -2.28. The van der Waals surface area contributed by atoms with Crippen LogP contribution in [0.25, 0.3) is 0 Å². The lowest BCUT2D eigenvalue weighted by Gasteiger charge is -2.25. The first-order chi connectivity index (χ1) is 13.8. The van der Waals surface area contributed by atoms with E-state index in [1.165, 1.54) is 0 Å². The Bertz CT molecular complexity index is 649. The molecule has 0 aliphatic carbocycles. The molecule has 4 nitrogen and oxygen atoms in total. The number of rotatable bonds is 12. The molecule has 0 bridgehead atoms. The van der Waals surface area contributed by atoms with Gasteiger partial charge in [0.2, 0.25) is 0 Å². The monoisotopic (exact) mass is 398 g/mol. The van der Waals surface area contributed by atoms with Crippen LogP contribution in [-0.4, -0.2) is 25.3 Å². The second-order valence-electron chi connectivity index (χ2n) is 8.70. The number of nitrogens with one attached hydrogen (secondary N) is 2. The molecule has 4 heteroatoms. The fourth-order valence-electron chi connectivity index (χ4n) is 2.67. The van der Waals surface area contributed by atoms with Crippen molar-refractivity contribution in [2.75, 3.05) is 23.8 Å². The minimum Gasteiger partial charge on any atom is -0.493 e. The molecular formula is C25H38N2O2. The SMILES string of the molecule is CCC(C)Nc1ccc(OCC(C)(C)COc2ccc(NC(C)CC)cc2)cc1. The number of benzene rings is 2. The van der Waals surface area contributed by atoms with Crippen LogP contribution in [0.15, 0.2) is 48.5 Å². The highest BCUT2D eigenvalue weighted by atomic mass is 16.5. The Morgan fingerprint density at radius 2 is 1.03 bits per heavy atom. The summed E-state index contributed by atoms with van der Waals surface area (Å²) in [5.41, 5.74) is 2.16. The molecule has 2 N–H and O–H groups in total.